The van der Waals surface area contributed by atoms with Crippen molar-refractivity contribution in [3.63, 3.8) is 0 Å². The quantitative estimate of drug-likeness (QED) is 0.837. The van der Waals surface area contributed by atoms with Gasteiger partial charge < -0.3 is 4.98 Å². The molecule has 1 aromatic heterocycles. The van der Waals surface area contributed by atoms with Gasteiger partial charge in [0.1, 0.15) is 0 Å². The van der Waals surface area contributed by atoms with Crippen molar-refractivity contribution in [1.29, 1.82) is 0 Å². The minimum atomic E-state index is -3.38. The summed E-state index contributed by atoms with van der Waals surface area (Å²) in [6, 6.07) is 4.08. The van der Waals surface area contributed by atoms with Crippen molar-refractivity contribution in [3.8, 4) is 0 Å². The molecular formula is C11H12N2O4S. The van der Waals surface area contributed by atoms with E-state index in [1.807, 2.05) is 0 Å². The number of sulfone groups is 1. The van der Waals surface area contributed by atoms with Crippen LogP contribution in [0.1, 0.15) is 6.92 Å². The van der Waals surface area contributed by atoms with Crippen LogP contribution in [0, 0.1) is 0 Å². The topological polar surface area (TPSA) is 89.0 Å². The van der Waals surface area contributed by atoms with Crippen molar-refractivity contribution in [1.82, 2.24) is 9.55 Å². The van der Waals surface area contributed by atoms with Crippen molar-refractivity contribution in [2.24, 2.45) is 0 Å². The fourth-order valence-electron chi connectivity index (χ4n) is 1.75. The summed E-state index contributed by atoms with van der Waals surface area (Å²) in [6.45, 7) is 1.90. The van der Waals surface area contributed by atoms with Gasteiger partial charge in [-0.3, -0.25) is 9.36 Å². The van der Waals surface area contributed by atoms with Crippen LogP contribution in [0.2, 0.25) is 0 Å². The van der Waals surface area contributed by atoms with Gasteiger partial charge in [-0.05, 0) is 25.1 Å². The molecule has 0 fully saturated rings. The molecule has 0 aliphatic heterocycles. The number of H-pyrrole nitrogens is 1. The number of aromatic amines is 1. The Morgan fingerprint density at radius 2 is 1.94 bits per heavy atom. The van der Waals surface area contributed by atoms with E-state index in [4.69, 9.17) is 0 Å². The summed E-state index contributed by atoms with van der Waals surface area (Å²) < 4.78 is 23.9. The molecule has 1 heterocycles. The number of fused-ring (bicyclic) bond motifs is 1. The Kier molecular flexibility index (Phi) is 2.86. The average Bonchev–Trinajstić information content (AvgIpc) is 2.27. The molecule has 2 aromatic rings. The molecule has 0 spiro atoms. The maximum Gasteiger partial charge on any atom is 0.328 e. The lowest BCUT2D eigenvalue weighted by Gasteiger charge is -2.04. The van der Waals surface area contributed by atoms with Crippen LogP contribution < -0.4 is 11.2 Å². The van der Waals surface area contributed by atoms with Gasteiger partial charge in [0.2, 0.25) is 0 Å². The van der Waals surface area contributed by atoms with E-state index in [1.54, 1.807) is 6.92 Å². The smallest absolute Gasteiger partial charge is 0.307 e. The van der Waals surface area contributed by atoms with Crippen LogP contribution in [0.25, 0.3) is 10.9 Å². The fraction of sp³-hybridized carbons (Fsp3) is 0.273. The number of nitrogens with one attached hydrogen (secondary N) is 1. The summed E-state index contributed by atoms with van der Waals surface area (Å²) in [5, 5.41) is 0.194. The molecule has 1 N–H and O–H groups in total. The lowest BCUT2D eigenvalue weighted by molar-refractivity contribution is 0.602. The first-order valence-electron chi connectivity index (χ1n) is 5.31. The third-order valence-electron chi connectivity index (χ3n) is 2.70. The molecule has 1 aromatic carbocycles. The van der Waals surface area contributed by atoms with Crippen LogP contribution in [-0.2, 0) is 16.4 Å². The molecule has 0 aliphatic carbocycles. The van der Waals surface area contributed by atoms with Gasteiger partial charge in [-0.1, -0.05) is 0 Å². The first-order chi connectivity index (χ1) is 8.34. The van der Waals surface area contributed by atoms with E-state index in [-0.39, 0.29) is 16.8 Å². The molecule has 0 aliphatic rings. The first kappa shape index (κ1) is 12.6. The second kappa shape index (κ2) is 4.09. The molecule has 18 heavy (non-hydrogen) atoms. The zero-order valence-electron chi connectivity index (χ0n) is 9.93. The maximum absolute atomic E-state index is 12.0. The summed E-state index contributed by atoms with van der Waals surface area (Å²) >= 11 is 0. The SMILES string of the molecule is CCn1c(=O)[nH]c2ccc(S(C)(=O)=O)cc2c1=O. The van der Waals surface area contributed by atoms with Crippen LogP contribution >= 0.6 is 0 Å². The standard InChI is InChI=1S/C11H12N2O4S/c1-3-13-10(14)8-6-7(18(2,16)17)4-5-9(8)12-11(13)15/h4-6H,3H2,1-2H3,(H,12,15). The van der Waals surface area contributed by atoms with Gasteiger partial charge >= 0.3 is 5.69 Å². The van der Waals surface area contributed by atoms with E-state index in [9.17, 15) is 18.0 Å². The summed E-state index contributed by atoms with van der Waals surface area (Å²) in [7, 11) is -3.38. The van der Waals surface area contributed by atoms with E-state index < -0.39 is 21.1 Å². The molecule has 96 valence electrons. The maximum atomic E-state index is 12.0. The van der Waals surface area contributed by atoms with Crippen LogP contribution in [0.5, 0.6) is 0 Å². The summed E-state index contributed by atoms with van der Waals surface area (Å²) in [4.78, 5) is 26.2. The van der Waals surface area contributed by atoms with E-state index in [2.05, 4.69) is 4.98 Å². The third kappa shape index (κ3) is 1.97. The molecule has 0 amide bonds. The lowest BCUT2D eigenvalue weighted by Crippen LogP contribution is -2.34. The van der Waals surface area contributed by atoms with Crippen LogP contribution in [0.15, 0.2) is 32.7 Å². The Hall–Kier alpha value is -1.89. The number of nitrogens with zero attached hydrogens (tertiary/aromatic N) is 1. The minimum absolute atomic E-state index is 0.0572. The molecular weight excluding hydrogens is 256 g/mol. The van der Waals surface area contributed by atoms with Crippen LogP contribution in [0.3, 0.4) is 0 Å². The Morgan fingerprint density at radius 1 is 1.28 bits per heavy atom. The second-order valence-corrected chi connectivity index (χ2v) is 5.97. The summed E-state index contributed by atoms with van der Waals surface area (Å²) in [5.74, 6) is 0. The number of hydrogen-bond donors (Lipinski definition) is 1. The normalized spacial score (nSPS) is 11.9. The number of aromatic nitrogens is 2. The Labute approximate surface area is 103 Å². The minimum Gasteiger partial charge on any atom is -0.307 e. The van der Waals surface area contributed by atoms with Crippen molar-refractivity contribution in [3.05, 3.63) is 39.0 Å². The highest BCUT2D eigenvalue weighted by atomic mass is 32.2. The van der Waals surface area contributed by atoms with Gasteiger partial charge in [0.05, 0.1) is 15.8 Å². The Morgan fingerprint density at radius 3 is 2.50 bits per heavy atom. The zero-order valence-corrected chi connectivity index (χ0v) is 10.7. The fourth-order valence-corrected chi connectivity index (χ4v) is 2.39. The predicted octanol–water partition coefficient (Wildman–Crippen LogP) is 0.113. The molecule has 7 heteroatoms. The largest absolute Gasteiger partial charge is 0.328 e. The zero-order chi connectivity index (χ0) is 13.5. The molecule has 2 rings (SSSR count). The van der Waals surface area contributed by atoms with Crippen molar-refractivity contribution in [2.75, 3.05) is 6.26 Å². The van der Waals surface area contributed by atoms with Gasteiger partial charge in [-0.2, -0.15) is 0 Å². The first-order valence-corrected chi connectivity index (χ1v) is 7.20. The number of rotatable bonds is 2. The van der Waals surface area contributed by atoms with E-state index in [0.29, 0.717) is 5.52 Å². The van der Waals surface area contributed by atoms with Gasteiger partial charge in [0, 0.05) is 12.8 Å². The van der Waals surface area contributed by atoms with Crippen molar-refractivity contribution >= 4 is 20.7 Å². The van der Waals surface area contributed by atoms with Gasteiger partial charge in [0.15, 0.2) is 9.84 Å². The van der Waals surface area contributed by atoms with Crippen molar-refractivity contribution in [2.45, 2.75) is 18.4 Å². The van der Waals surface area contributed by atoms with E-state index in [1.165, 1.54) is 18.2 Å². The van der Waals surface area contributed by atoms with Crippen LogP contribution in [-0.4, -0.2) is 24.2 Å². The summed E-state index contributed by atoms with van der Waals surface area (Å²) in [6.07, 6.45) is 1.07. The average molecular weight is 268 g/mol. The monoisotopic (exact) mass is 268 g/mol. The molecule has 0 radical (unpaired) electrons. The molecule has 6 nitrogen and oxygen atoms in total. The van der Waals surface area contributed by atoms with Gasteiger partial charge in [0.25, 0.3) is 5.56 Å². The predicted molar refractivity (Wildman–Crippen MR) is 67.6 cm³/mol. The molecule has 0 unspecified atom stereocenters. The van der Waals surface area contributed by atoms with E-state index >= 15 is 0 Å². The van der Waals surface area contributed by atoms with Gasteiger partial charge in [-0.15, -0.1) is 0 Å². The Bertz CT molecular complexity index is 830. The van der Waals surface area contributed by atoms with Crippen LogP contribution in [0.4, 0.5) is 0 Å². The number of hydrogen-bond acceptors (Lipinski definition) is 4. The molecule has 0 saturated carbocycles. The highest BCUT2D eigenvalue weighted by molar-refractivity contribution is 7.90. The third-order valence-corrected chi connectivity index (χ3v) is 3.81. The van der Waals surface area contributed by atoms with Gasteiger partial charge in [-0.25, -0.2) is 13.2 Å². The number of benzene rings is 1. The second-order valence-electron chi connectivity index (χ2n) is 3.96. The molecule has 0 atom stereocenters. The Balaban J connectivity index is 2.94. The highest BCUT2D eigenvalue weighted by Gasteiger charge is 2.11. The van der Waals surface area contributed by atoms with E-state index in [0.717, 1.165) is 10.8 Å². The van der Waals surface area contributed by atoms with Crippen molar-refractivity contribution < 1.29 is 8.42 Å². The lowest BCUT2D eigenvalue weighted by atomic mass is 10.2. The highest BCUT2D eigenvalue weighted by Crippen LogP contribution is 2.13. The molecule has 0 bridgehead atoms. The summed E-state index contributed by atoms with van der Waals surface area (Å²) in [5.41, 5.74) is -0.647. The molecule has 0 saturated heterocycles.